The molecule has 1 rings (SSSR count). The molecule has 13 heavy (non-hydrogen) atoms. The van der Waals surface area contributed by atoms with Gasteiger partial charge in [-0.1, -0.05) is 6.92 Å². The van der Waals surface area contributed by atoms with Crippen LogP contribution in [0.3, 0.4) is 0 Å². The van der Waals surface area contributed by atoms with Gasteiger partial charge in [-0.15, -0.1) is 0 Å². The average Bonchev–Trinajstić information content (AvgIpc) is 2.54. The van der Waals surface area contributed by atoms with Gasteiger partial charge >= 0.3 is 0 Å². The molecule has 0 saturated heterocycles. The predicted molar refractivity (Wildman–Crippen MR) is 50.2 cm³/mol. The summed E-state index contributed by atoms with van der Waals surface area (Å²) in [6, 6.07) is 0. The Kier molecular flexibility index (Phi) is 4.46. The minimum atomic E-state index is -0.358. The maximum atomic E-state index is 11.9. The van der Waals surface area contributed by atoms with Crippen molar-refractivity contribution in [3.63, 3.8) is 0 Å². The maximum Gasteiger partial charge on any atom is 0.109 e. The first-order valence-corrected chi connectivity index (χ1v) is 4.65. The van der Waals surface area contributed by atoms with Gasteiger partial charge in [-0.25, -0.2) is 4.39 Å². The lowest BCUT2D eigenvalue weighted by Gasteiger charge is -1.98. The topological polar surface area (TPSA) is 29.9 Å². The van der Waals surface area contributed by atoms with Crippen LogP contribution in [0.5, 0.6) is 0 Å². The van der Waals surface area contributed by atoms with Crippen molar-refractivity contribution in [2.24, 2.45) is 0 Å². The molecule has 0 unspecified atom stereocenters. The largest absolute Gasteiger partial charge is 0.313 e. The fourth-order valence-corrected chi connectivity index (χ4v) is 1.12. The monoisotopic (exact) mass is 185 g/mol. The summed E-state index contributed by atoms with van der Waals surface area (Å²) in [5.74, 6) is 0. The van der Waals surface area contributed by atoms with Crippen molar-refractivity contribution >= 4 is 0 Å². The number of aromatic nitrogens is 2. The van der Waals surface area contributed by atoms with Gasteiger partial charge < -0.3 is 5.32 Å². The minimum Gasteiger partial charge on any atom is -0.313 e. The molecule has 0 spiro atoms. The summed E-state index contributed by atoms with van der Waals surface area (Å²) in [4.78, 5) is 0. The fourth-order valence-electron chi connectivity index (χ4n) is 1.12. The van der Waals surface area contributed by atoms with E-state index in [1.165, 1.54) is 0 Å². The van der Waals surface area contributed by atoms with Crippen LogP contribution in [0.15, 0.2) is 12.4 Å². The third-order valence-electron chi connectivity index (χ3n) is 1.76. The zero-order chi connectivity index (χ0) is 9.52. The van der Waals surface area contributed by atoms with E-state index in [0.29, 0.717) is 6.54 Å². The second-order valence-electron chi connectivity index (χ2n) is 2.98. The van der Waals surface area contributed by atoms with Crippen molar-refractivity contribution in [3.8, 4) is 0 Å². The van der Waals surface area contributed by atoms with Crippen LogP contribution in [-0.4, -0.2) is 23.0 Å². The molecule has 0 aromatic carbocycles. The van der Waals surface area contributed by atoms with E-state index in [2.05, 4.69) is 17.3 Å². The zero-order valence-electron chi connectivity index (χ0n) is 7.96. The highest BCUT2D eigenvalue weighted by atomic mass is 19.1. The first-order chi connectivity index (χ1) is 6.36. The summed E-state index contributed by atoms with van der Waals surface area (Å²) >= 11 is 0. The van der Waals surface area contributed by atoms with E-state index in [4.69, 9.17) is 0 Å². The zero-order valence-corrected chi connectivity index (χ0v) is 7.96. The molecule has 74 valence electrons. The van der Waals surface area contributed by atoms with E-state index in [9.17, 15) is 4.39 Å². The van der Waals surface area contributed by atoms with Crippen LogP contribution in [0, 0.1) is 0 Å². The van der Waals surface area contributed by atoms with Gasteiger partial charge in [0.2, 0.25) is 0 Å². The Morgan fingerprint density at radius 1 is 1.62 bits per heavy atom. The van der Waals surface area contributed by atoms with Crippen molar-refractivity contribution in [1.29, 1.82) is 0 Å². The van der Waals surface area contributed by atoms with Gasteiger partial charge in [0, 0.05) is 18.3 Å². The molecular weight excluding hydrogens is 169 g/mol. The van der Waals surface area contributed by atoms with Crippen molar-refractivity contribution in [1.82, 2.24) is 15.1 Å². The standard InChI is InChI=1S/C9H16FN3/c1-2-4-11-6-9-7-12-13(8-9)5-3-10/h7-8,11H,2-6H2,1H3. The Bertz CT molecular complexity index is 235. The average molecular weight is 185 g/mol. The molecule has 0 aliphatic heterocycles. The lowest BCUT2D eigenvalue weighted by atomic mass is 10.3. The van der Waals surface area contributed by atoms with Gasteiger partial charge in [0.25, 0.3) is 0 Å². The minimum absolute atomic E-state index is 0.355. The molecule has 1 aromatic rings. The number of nitrogens with one attached hydrogen (secondary N) is 1. The Hall–Kier alpha value is -0.900. The second-order valence-corrected chi connectivity index (χ2v) is 2.98. The second kappa shape index (κ2) is 5.70. The summed E-state index contributed by atoms with van der Waals surface area (Å²) in [6.07, 6.45) is 4.78. The molecule has 1 N–H and O–H groups in total. The smallest absolute Gasteiger partial charge is 0.109 e. The van der Waals surface area contributed by atoms with Crippen LogP contribution in [0.2, 0.25) is 0 Å². The maximum absolute atomic E-state index is 11.9. The summed E-state index contributed by atoms with van der Waals surface area (Å²) in [5.41, 5.74) is 1.11. The van der Waals surface area contributed by atoms with Gasteiger partial charge in [0.05, 0.1) is 12.7 Å². The highest BCUT2D eigenvalue weighted by molar-refractivity contribution is 5.03. The van der Waals surface area contributed by atoms with E-state index >= 15 is 0 Å². The van der Waals surface area contributed by atoms with Gasteiger partial charge in [-0.2, -0.15) is 5.10 Å². The molecule has 4 heteroatoms. The first kappa shape index (κ1) is 10.2. The van der Waals surface area contributed by atoms with Crippen molar-refractivity contribution in [2.75, 3.05) is 13.2 Å². The number of hydrogen-bond donors (Lipinski definition) is 1. The van der Waals surface area contributed by atoms with Gasteiger partial charge in [0.15, 0.2) is 0 Å². The molecule has 3 nitrogen and oxygen atoms in total. The highest BCUT2D eigenvalue weighted by Crippen LogP contribution is 1.97. The molecule has 0 atom stereocenters. The third kappa shape index (κ3) is 3.55. The van der Waals surface area contributed by atoms with Crippen LogP contribution >= 0.6 is 0 Å². The Labute approximate surface area is 77.9 Å². The van der Waals surface area contributed by atoms with Gasteiger partial charge in [-0.3, -0.25) is 4.68 Å². The Balaban J connectivity index is 2.31. The number of aryl methyl sites for hydroxylation is 1. The molecule has 0 amide bonds. The van der Waals surface area contributed by atoms with E-state index in [1.54, 1.807) is 10.9 Å². The summed E-state index contributed by atoms with van der Waals surface area (Å²) in [5, 5.41) is 7.28. The lowest BCUT2D eigenvalue weighted by Crippen LogP contribution is -2.13. The number of rotatable bonds is 6. The van der Waals surface area contributed by atoms with E-state index in [0.717, 1.165) is 25.1 Å². The number of halogens is 1. The Morgan fingerprint density at radius 3 is 3.15 bits per heavy atom. The molecular formula is C9H16FN3. The molecule has 0 radical (unpaired) electrons. The summed E-state index contributed by atoms with van der Waals surface area (Å²) < 4.78 is 13.5. The van der Waals surface area contributed by atoms with E-state index < -0.39 is 0 Å². The van der Waals surface area contributed by atoms with E-state index in [-0.39, 0.29) is 6.67 Å². The van der Waals surface area contributed by atoms with Crippen LogP contribution < -0.4 is 5.32 Å². The van der Waals surface area contributed by atoms with Crippen LogP contribution in [0.4, 0.5) is 4.39 Å². The van der Waals surface area contributed by atoms with Crippen LogP contribution in [0.1, 0.15) is 18.9 Å². The lowest BCUT2D eigenvalue weighted by molar-refractivity contribution is 0.427. The highest BCUT2D eigenvalue weighted by Gasteiger charge is 1.96. The SMILES string of the molecule is CCCNCc1cnn(CCF)c1. The van der Waals surface area contributed by atoms with E-state index in [1.807, 2.05) is 6.20 Å². The molecule has 0 bridgehead atoms. The molecule has 0 aliphatic rings. The molecule has 1 aromatic heterocycles. The third-order valence-corrected chi connectivity index (χ3v) is 1.76. The molecule has 0 fully saturated rings. The number of nitrogens with zero attached hydrogens (tertiary/aromatic N) is 2. The van der Waals surface area contributed by atoms with Crippen molar-refractivity contribution < 1.29 is 4.39 Å². The molecule has 1 heterocycles. The first-order valence-electron chi connectivity index (χ1n) is 4.65. The summed E-state index contributed by atoms with van der Waals surface area (Å²) in [7, 11) is 0. The molecule has 0 saturated carbocycles. The normalized spacial score (nSPS) is 10.6. The van der Waals surface area contributed by atoms with Crippen LogP contribution in [-0.2, 0) is 13.1 Å². The number of alkyl halides is 1. The summed E-state index contributed by atoms with van der Waals surface area (Å²) in [6.45, 7) is 3.95. The predicted octanol–water partition coefficient (Wildman–Crippen LogP) is 1.35. The Morgan fingerprint density at radius 2 is 2.46 bits per heavy atom. The van der Waals surface area contributed by atoms with Gasteiger partial charge in [0.1, 0.15) is 6.67 Å². The fraction of sp³-hybridized carbons (Fsp3) is 0.667. The number of hydrogen-bond acceptors (Lipinski definition) is 2. The van der Waals surface area contributed by atoms with Gasteiger partial charge in [-0.05, 0) is 13.0 Å². The van der Waals surface area contributed by atoms with Crippen LogP contribution in [0.25, 0.3) is 0 Å². The molecule has 0 aliphatic carbocycles. The quantitative estimate of drug-likeness (QED) is 0.678. The van der Waals surface area contributed by atoms with Crippen molar-refractivity contribution in [3.05, 3.63) is 18.0 Å². The van der Waals surface area contributed by atoms with Crippen molar-refractivity contribution in [2.45, 2.75) is 26.4 Å².